The zero-order chi connectivity index (χ0) is 14.2. The second-order valence-electron chi connectivity index (χ2n) is 5.62. The van der Waals surface area contributed by atoms with Gasteiger partial charge in [0.05, 0.1) is 0 Å². The van der Waals surface area contributed by atoms with Crippen molar-refractivity contribution < 1.29 is 0 Å². The Bertz CT molecular complexity index is 743. The maximum Gasteiger partial charge on any atom is 0.160 e. The van der Waals surface area contributed by atoms with E-state index in [9.17, 15) is 0 Å². The number of aromatic nitrogens is 4. The zero-order valence-electron chi connectivity index (χ0n) is 12.1. The van der Waals surface area contributed by atoms with Gasteiger partial charge in [0.2, 0.25) is 0 Å². The van der Waals surface area contributed by atoms with Crippen molar-refractivity contribution in [2.75, 3.05) is 0 Å². The van der Waals surface area contributed by atoms with Crippen LogP contribution in [0.5, 0.6) is 0 Å². The quantitative estimate of drug-likeness (QED) is 0.800. The minimum absolute atomic E-state index is 0.446. The Hall–Kier alpha value is -2.36. The van der Waals surface area contributed by atoms with Gasteiger partial charge in [0, 0.05) is 24.1 Å². The number of H-pyrrole nitrogens is 1. The molecule has 2 heterocycles. The molecule has 1 aliphatic carbocycles. The number of aryl methyl sites for hydroxylation is 1. The number of nitrogens with one attached hydrogen (secondary N) is 1. The Morgan fingerprint density at radius 2 is 2.00 bits per heavy atom. The van der Waals surface area contributed by atoms with Crippen LogP contribution in [0.2, 0.25) is 0 Å². The van der Waals surface area contributed by atoms with Gasteiger partial charge in [-0.2, -0.15) is 5.10 Å². The van der Waals surface area contributed by atoms with Crippen molar-refractivity contribution in [3.63, 3.8) is 0 Å². The average Bonchev–Trinajstić information content (AvgIpc) is 3.23. The fourth-order valence-electron chi connectivity index (χ4n) is 3.20. The van der Waals surface area contributed by atoms with E-state index in [2.05, 4.69) is 63.2 Å². The van der Waals surface area contributed by atoms with Crippen LogP contribution in [0.15, 0.2) is 42.7 Å². The summed E-state index contributed by atoms with van der Waals surface area (Å²) in [5, 5.41) is 7.48. The summed E-state index contributed by atoms with van der Waals surface area (Å²) in [6.45, 7) is 2.12. The lowest BCUT2D eigenvalue weighted by atomic mass is 10.1. The van der Waals surface area contributed by atoms with E-state index in [1.54, 1.807) is 0 Å². The molecule has 4 heteroatoms. The third-order valence-electron chi connectivity index (χ3n) is 4.33. The van der Waals surface area contributed by atoms with Crippen molar-refractivity contribution in [2.24, 2.45) is 0 Å². The minimum Gasteiger partial charge on any atom is -0.326 e. The predicted octanol–water partition coefficient (Wildman–Crippen LogP) is 3.18. The summed E-state index contributed by atoms with van der Waals surface area (Å²) in [7, 11) is 0. The number of benzene rings is 1. The molecule has 1 aliphatic rings. The SMILES string of the molecule is CCc1cc(-c2nccn2C2Cc3ccccc3C2)n[nH]1. The molecule has 0 amide bonds. The van der Waals surface area contributed by atoms with E-state index >= 15 is 0 Å². The predicted molar refractivity (Wildman–Crippen MR) is 82.1 cm³/mol. The molecule has 3 aromatic rings. The average molecular weight is 278 g/mol. The van der Waals surface area contributed by atoms with E-state index in [0.717, 1.165) is 36.5 Å². The molecule has 0 spiro atoms. The number of nitrogens with zero attached hydrogens (tertiary/aromatic N) is 3. The summed E-state index contributed by atoms with van der Waals surface area (Å²) in [6, 6.07) is 11.3. The number of imidazole rings is 1. The molecular weight excluding hydrogens is 260 g/mol. The van der Waals surface area contributed by atoms with Gasteiger partial charge in [0.25, 0.3) is 0 Å². The Balaban J connectivity index is 1.67. The minimum atomic E-state index is 0.446. The molecule has 0 unspecified atom stereocenters. The van der Waals surface area contributed by atoms with Crippen LogP contribution in [-0.2, 0) is 19.3 Å². The highest BCUT2D eigenvalue weighted by Gasteiger charge is 2.24. The van der Waals surface area contributed by atoms with Crippen LogP contribution in [-0.4, -0.2) is 19.7 Å². The summed E-state index contributed by atoms with van der Waals surface area (Å²) in [6.07, 6.45) is 7.06. The third kappa shape index (κ3) is 2.07. The Kier molecular flexibility index (Phi) is 2.88. The molecular formula is C17H18N4. The number of aromatic amines is 1. The van der Waals surface area contributed by atoms with Crippen LogP contribution in [0, 0.1) is 0 Å². The van der Waals surface area contributed by atoms with Crippen LogP contribution in [0.1, 0.15) is 29.8 Å². The molecule has 0 atom stereocenters. The highest BCUT2D eigenvalue weighted by atomic mass is 15.2. The second-order valence-corrected chi connectivity index (χ2v) is 5.62. The molecule has 0 aliphatic heterocycles. The van der Waals surface area contributed by atoms with Crippen molar-refractivity contribution in [1.29, 1.82) is 0 Å². The van der Waals surface area contributed by atoms with Gasteiger partial charge in [0.1, 0.15) is 5.69 Å². The molecule has 21 heavy (non-hydrogen) atoms. The first-order valence-corrected chi connectivity index (χ1v) is 7.49. The fraction of sp³-hybridized carbons (Fsp3) is 0.294. The van der Waals surface area contributed by atoms with E-state index in [0.29, 0.717) is 6.04 Å². The van der Waals surface area contributed by atoms with Crippen molar-refractivity contribution in [2.45, 2.75) is 32.2 Å². The largest absolute Gasteiger partial charge is 0.326 e. The standard InChI is InChI=1S/C17H18N4/c1-2-14-11-16(20-19-14)17-18-7-8-21(17)15-9-12-5-3-4-6-13(12)10-15/h3-8,11,15H,2,9-10H2,1H3,(H,19,20). The van der Waals surface area contributed by atoms with E-state index in [1.165, 1.54) is 11.1 Å². The van der Waals surface area contributed by atoms with Crippen molar-refractivity contribution in [3.05, 3.63) is 59.5 Å². The van der Waals surface area contributed by atoms with Gasteiger partial charge in [0.15, 0.2) is 5.82 Å². The van der Waals surface area contributed by atoms with E-state index in [-0.39, 0.29) is 0 Å². The normalized spacial score (nSPS) is 14.5. The highest BCUT2D eigenvalue weighted by Crippen LogP contribution is 2.32. The maximum atomic E-state index is 4.52. The summed E-state index contributed by atoms with van der Waals surface area (Å²) in [5.41, 5.74) is 5.00. The molecule has 1 aromatic carbocycles. The lowest BCUT2D eigenvalue weighted by Crippen LogP contribution is -2.09. The Morgan fingerprint density at radius 1 is 1.24 bits per heavy atom. The fourth-order valence-corrected chi connectivity index (χ4v) is 3.20. The topological polar surface area (TPSA) is 46.5 Å². The lowest BCUT2D eigenvalue weighted by molar-refractivity contribution is 0.533. The summed E-state index contributed by atoms with van der Waals surface area (Å²) >= 11 is 0. The van der Waals surface area contributed by atoms with Crippen LogP contribution in [0.3, 0.4) is 0 Å². The first kappa shape index (κ1) is 12.4. The molecule has 4 nitrogen and oxygen atoms in total. The molecule has 0 saturated heterocycles. The number of hydrogen-bond donors (Lipinski definition) is 1. The molecule has 0 saturated carbocycles. The molecule has 1 N–H and O–H groups in total. The summed E-state index contributed by atoms with van der Waals surface area (Å²) in [4.78, 5) is 4.52. The van der Waals surface area contributed by atoms with Crippen molar-refractivity contribution in [3.8, 4) is 11.5 Å². The monoisotopic (exact) mass is 278 g/mol. The van der Waals surface area contributed by atoms with Crippen LogP contribution >= 0.6 is 0 Å². The smallest absolute Gasteiger partial charge is 0.160 e. The van der Waals surface area contributed by atoms with Gasteiger partial charge in [-0.05, 0) is 36.5 Å². The van der Waals surface area contributed by atoms with E-state index in [1.807, 2.05) is 6.20 Å². The first-order chi connectivity index (χ1) is 10.3. The lowest BCUT2D eigenvalue weighted by Gasteiger charge is -2.13. The van der Waals surface area contributed by atoms with Crippen LogP contribution in [0.25, 0.3) is 11.5 Å². The molecule has 0 radical (unpaired) electrons. The van der Waals surface area contributed by atoms with E-state index in [4.69, 9.17) is 0 Å². The number of rotatable bonds is 3. The second kappa shape index (κ2) is 4.88. The van der Waals surface area contributed by atoms with E-state index < -0.39 is 0 Å². The van der Waals surface area contributed by atoms with Gasteiger partial charge in [-0.3, -0.25) is 5.10 Å². The molecule has 4 rings (SSSR count). The van der Waals surface area contributed by atoms with Crippen LogP contribution in [0.4, 0.5) is 0 Å². The van der Waals surface area contributed by atoms with Gasteiger partial charge in [-0.1, -0.05) is 31.2 Å². The van der Waals surface area contributed by atoms with Gasteiger partial charge >= 0.3 is 0 Å². The summed E-state index contributed by atoms with van der Waals surface area (Å²) < 4.78 is 2.27. The number of fused-ring (bicyclic) bond motifs is 1. The first-order valence-electron chi connectivity index (χ1n) is 7.49. The van der Waals surface area contributed by atoms with Crippen molar-refractivity contribution >= 4 is 0 Å². The molecule has 0 bridgehead atoms. The van der Waals surface area contributed by atoms with Crippen LogP contribution < -0.4 is 0 Å². The van der Waals surface area contributed by atoms with Crippen molar-refractivity contribution in [1.82, 2.24) is 19.7 Å². The maximum absolute atomic E-state index is 4.52. The molecule has 2 aromatic heterocycles. The summed E-state index contributed by atoms with van der Waals surface area (Å²) in [5.74, 6) is 0.962. The Morgan fingerprint density at radius 3 is 2.67 bits per heavy atom. The zero-order valence-corrected chi connectivity index (χ0v) is 12.1. The third-order valence-corrected chi connectivity index (χ3v) is 4.33. The van der Waals surface area contributed by atoms with Gasteiger partial charge in [-0.25, -0.2) is 4.98 Å². The molecule has 106 valence electrons. The molecule has 0 fully saturated rings. The van der Waals surface area contributed by atoms with Gasteiger partial charge in [-0.15, -0.1) is 0 Å². The van der Waals surface area contributed by atoms with Gasteiger partial charge < -0.3 is 4.57 Å². The highest BCUT2D eigenvalue weighted by molar-refractivity contribution is 5.51. The number of hydrogen-bond acceptors (Lipinski definition) is 2. The Labute approximate surface area is 123 Å².